The summed E-state index contributed by atoms with van der Waals surface area (Å²) in [5, 5.41) is 3.28. The number of rotatable bonds is 4. The quantitative estimate of drug-likeness (QED) is 0.819. The Kier molecular flexibility index (Phi) is 3.57. The molecule has 0 unspecified atom stereocenters. The van der Waals surface area contributed by atoms with Gasteiger partial charge in [-0.1, -0.05) is 24.3 Å². The van der Waals surface area contributed by atoms with E-state index >= 15 is 0 Å². The molecule has 0 bridgehead atoms. The van der Waals surface area contributed by atoms with Crippen molar-refractivity contribution in [3.63, 3.8) is 0 Å². The van der Waals surface area contributed by atoms with E-state index in [1.807, 2.05) is 0 Å². The van der Waals surface area contributed by atoms with Gasteiger partial charge in [-0.25, -0.2) is 0 Å². The SMILES string of the molecule is CN(C)CCc1ccc(C2=NCCN2)cc1. The average Bonchev–Trinajstić information content (AvgIpc) is 2.80. The molecule has 86 valence electrons. The zero-order valence-electron chi connectivity index (χ0n) is 10.0. The first-order valence-corrected chi connectivity index (χ1v) is 5.78. The second kappa shape index (κ2) is 5.12. The van der Waals surface area contributed by atoms with Gasteiger partial charge in [0.15, 0.2) is 0 Å². The normalized spacial score (nSPS) is 15.1. The first kappa shape index (κ1) is 11.1. The topological polar surface area (TPSA) is 27.6 Å². The number of likely N-dealkylation sites (N-methyl/N-ethyl adjacent to an activating group) is 1. The van der Waals surface area contributed by atoms with Crippen LogP contribution in [0.2, 0.25) is 0 Å². The average molecular weight is 217 g/mol. The second-order valence-corrected chi connectivity index (χ2v) is 4.41. The molecule has 0 saturated heterocycles. The van der Waals surface area contributed by atoms with Crippen LogP contribution in [-0.4, -0.2) is 44.5 Å². The molecule has 16 heavy (non-hydrogen) atoms. The molecular weight excluding hydrogens is 198 g/mol. The zero-order valence-corrected chi connectivity index (χ0v) is 10.0. The molecule has 1 aliphatic heterocycles. The molecule has 0 aliphatic carbocycles. The van der Waals surface area contributed by atoms with Crippen LogP contribution >= 0.6 is 0 Å². The van der Waals surface area contributed by atoms with Gasteiger partial charge in [0.1, 0.15) is 5.84 Å². The maximum absolute atomic E-state index is 4.41. The van der Waals surface area contributed by atoms with E-state index in [-0.39, 0.29) is 0 Å². The second-order valence-electron chi connectivity index (χ2n) is 4.41. The minimum absolute atomic E-state index is 0.901. The summed E-state index contributed by atoms with van der Waals surface area (Å²) < 4.78 is 0. The Labute approximate surface area is 97.2 Å². The molecule has 1 heterocycles. The lowest BCUT2D eigenvalue weighted by Gasteiger charge is -2.09. The molecule has 0 fully saturated rings. The maximum atomic E-state index is 4.41. The van der Waals surface area contributed by atoms with Crippen molar-refractivity contribution < 1.29 is 0 Å². The highest BCUT2D eigenvalue weighted by Crippen LogP contribution is 2.07. The highest BCUT2D eigenvalue weighted by atomic mass is 15.1. The summed E-state index contributed by atoms with van der Waals surface area (Å²) >= 11 is 0. The van der Waals surface area contributed by atoms with Crippen LogP contribution in [0.3, 0.4) is 0 Å². The van der Waals surface area contributed by atoms with E-state index in [4.69, 9.17) is 0 Å². The predicted octanol–water partition coefficient (Wildman–Crippen LogP) is 1.14. The van der Waals surface area contributed by atoms with E-state index in [0.717, 1.165) is 31.9 Å². The van der Waals surface area contributed by atoms with Crippen LogP contribution in [0.5, 0.6) is 0 Å². The summed E-state index contributed by atoms with van der Waals surface area (Å²) in [6.07, 6.45) is 1.10. The first-order valence-electron chi connectivity index (χ1n) is 5.78. The third-order valence-electron chi connectivity index (χ3n) is 2.75. The van der Waals surface area contributed by atoms with Crippen molar-refractivity contribution in [1.82, 2.24) is 10.2 Å². The summed E-state index contributed by atoms with van der Waals surface area (Å²) in [5.41, 5.74) is 2.59. The third-order valence-corrected chi connectivity index (χ3v) is 2.75. The van der Waals surface area contributed by atoms with Crippen molar-refractivity contribution in [2.24, 2.45) is 4.99 Å². The number of hydrogen-bond acceptors (Lipinski definition) is 3. The molecule has 0 spiro atoms. The number of aliphatic imine (C=N–C) groups is 1. The molecule has 1 aliphatic rings. The van der Waals surface area contributed by atoms with E-state index in [1.165, 1.54) is 11.1 Å². The molecule has 0 amide bonds. The largest absolute Gasteiger partial charge is 0.368 e. The van der Waals surface area contributed by atoms with Crippen LogP contribution in [-0.2, 0) is 6.42 Å². The van der Waals surface area contributed by atoms with E-state index in [0.29, 0.717) is 0 Å². The van der Waals surface area contributed by atoms with Crippen molar-refractivity contribution >= 4 is 5.84 Å². The lowest BCUT2D eigenvalue weighted by molar-refractivity contribution is 0.413. The van der Waals surface area contributed by atoms with Crippen molar-refractivity contribution in [3.05, 3.63) is 35.4 Å². The van der Waals surface area contributed by atoms with Gasteiger partial charge in [0.2, 0.25) is 0 Å². The van der Waals surface area contributed by atoms with E-state index in [9.17, 15) is 0 Å². The fourth-order valence-corrected chi connectivity index (χ4v) is 1.77. The first-order chi connectivity index (χ1) is 7.75. The van der Waals surface area contributed by atoms with Crippen LogP contribution in [0.25, 0.3) is 0 Å². The van der Waals surface area contributed by atoms with Gasteiger partial charge in [-0.15, -0.1) is 0 Å². The predicted molar refractivity (Wildman–Crippen MR) is 68.1 cm³/mol. The van der Waals surface area contributed by atoms with E-state index in [2.05, 4.69) is 53.6 Å². The molecule has 1 N–H and O–H groups in total. The van der Waals surface area contributed by atoms with Gasteiger partial charge in [0.05, 0.1) is 6.54 Å². The van der Waals surface area contributed by atoms with Gasteiger partial charge >= 0.3 is 0 Å². The molecule has 0 saturated carbocycles. The van der Waals surface area contributed by atoms with Crippen LogP contribution in [0, 0.1) is 0 Å². The third kappa shape index (κ3) is 2.83. The van der Waals surface area contributed by atoms with Gasteiger partial charge in [0, 0.05) is 18.7 Å². The maximum Gasteiger partial charge on any atom is 0.128 e. The summed E-state index contributed by atoms with van der Waals surface area (Å²) in [4.78, 5) is 6.61. The molecule has 2 rings (SSSR count). The molecule has 0 radical (unpaired) electrons. The molecule has 3 nitrogen and oxygen atoms in total. The Bertz CT molecular complexity index is 365. The smallest absolute Gasteiger partial charge is 0.128 e. The summed E-state index contributed by atoms with van der Waals surface area (Å²) in [6, 6.07) is 8.70. The lowest BCUT2D eigenvalue weighted by atomic mass is 10.1. The molecule has 3 heteroatoms. The summed E-state index contributed by atoms with van der Waals surface area (Å²) in [7, 11) is 4.21. The van der Waals surface area contributed by atoms with Crippen molar-refractivity contribution in [2.45, 2.75) is 6.42 Å². The Morgan fingerprint density at radius 2 is 2.00 bits per heavy atom. The van der Waals surface area contributed by atoms with Crippen molar-refractivity contribution in [2.75, 3.05) is 33.7 Å². The highest BCUT2D eigenvalue weighted by molar-refractivity contribution is 5.99. The molecular formula is C13H19N3. The number of nitrogens with one attached hydrogen (secondary N) is 1. The zero-order chi connectivity index (χ0) is 11.4. The monoisotopic (exact) mass is 217 g/mol. The minimum atomic E-state index is 0.901. The number of amidine groups is 1. The van der Waals surface area contributed by atoms with Gasteiger partial charge in [-0.3, -0.25) is 4.99 Å². The molecule has 1 aromatic rings. The van der Waals surface area contributed by atoms with Crippen LogP contribution in [0.4, 0.5) is 0 Å². The number of hydrogen-bond donors (Lipinski definition) is 1. The van der Waals surface area contributed by atoms with Gasteiger partial charge < -0.3 is 10.2 Å². The van der Waals surface area contributed by atoms with Crippen LogP contribution in [0.1, 0.15) is 11.1 Å². The highest BCUT2D eigenvalue weighted by Gasteiger charge is 2.07. The van der Waals surface area contributed by atoms with Crippen molar-refractivity contribution in [1.29, 1.82) is 0 Å². The number of nitrogens with zero attached hydrogens (tertiary/aromatic N) is 2. The number of benzene rings is 1. The van der Waals surface area contributed by atoms with Gasteiger partial charge in [-0.05, 0) is 26.1 Å². The Morgan fingerprint density at radius 3 is 2.56 bits per heavy atom. The lowest BCUT2D eigenvalue weighted by Crippen LogP contribution is -2.19. The van der Waals surface area contributed by atoms with E-state index in [1.54, 1.807) is 0 Å². The van der Waals surface area contributed by atoms with Crippen LogP contribution < -0.4 is 5.32 Å². The van der Waals surface area contributed by atoms with Crippen LogP contribution in [0.15, 0.2) is 29.3 Å². The minimum Gasteiger partial charge on any atom is -0.368 e. The fourth-order valence-electron chi connectivity index (χ4n) is 1.77. The van der Waals surface area contributed by atoms with Gasteiger partial charge in [0.25, 0.3) is 0 Å². The Morgan fingerprint density at radius 1 is 1.25 bits per heavy atom. The Hall–Kier alpha value is -1.35. The summed E-state index contributed by atoms with van der Waals surface area (Å²) in [6.45, 7) is 2.97. The fraction of sp³-hybridized carbons (Fsp3) is 0.462. The van der Waals surface area contributed by atoms with Crippen molar-refractivity contribution in [3.8, 4) is 0 Å². The molecule has 1 aromatic carbocycles. The standard InChI is InChI=1S/C13H19N3/c1-16(2)10-7-11-3-5-12(6-4-11)13-14-8-9-15-13/h3-6H,7-10H2,1-2H3,(H,14,15). The summed E-state index contributed by atoms with van der Waals surface area (Å²) in [5.74, 6) is 1.04. The molecule has 0 atom stereocenters. The Balaban J connectivity index is 1.99. The van der Waals surface area contributed by atoms with Gasteiger partial charge in [-0.2, -0.15) is 0 Å². The van der Waals surface area contributed by atoms with E-state index < -0.39 is 0 Å². The molecule has 0 aromatic heterocycles.